The number of rotatable bonds is 7. The molecular weight excluding hydrogens is 380 g/mol. The minimum Gasteiger partial charge on any atom is -0.435 e. The maximum absolute atomic E-state index is 12.4. The van der Waals surface area contributed by atoms with Crippen molar-refractivity contribution in [3.63, 3.8) is 0 Å². The van der Waals surface area contributed by atoms with E-state index in [4.69, 9.17) is 4.42 Å². The third kappa shape index (κ3) is 4.89. The first-order chi connectivity index (χ1) is 12.8. The Hall–Kier alpha value is -2.78. The molecule has 27 heavy (non-hydrogen) atoms. The molecule has 0 unspecified atom stereocenters. The summed E-state index contributed by atoms with van der Waals surface area (Å²) in [5.74, 6) is 0.0390. The number of alkyl halides is 2. The monoisotopic (exact) mass is 395 g/mol. The molecule has 0 bridgehead atoms. The molecule has 2 aromatic carbocycles. The zero-order valence-electron chi connectivity index (χ0n) is 13.9. The Morgan fingerprint density at radius 3 is 2.48 bits per heavy atom. The van der Waals surface area contributed by atoms with Crippen LogP contribution in [-0.2, 0) is 16.4 Å². The summed E-state index contributed by atoms with van der Waals surface area (Å²) in [6.07, 6.45) is 0.372. The third-order valence-corrected chi connectivity index (χ3v) is 5.21. The maximum atomic E-state index is 12.4. The highest BCUT2D eigenvalue weighted by Gasteiger charge is 2.14. The second kappa shape index (κ2) is 7.85. The number of hydrogen-bond donors (Lipinski definition) is 1. The lowest BCUT2D eigenvalue weighted by molar-refractivity contribution is -0.0498. The highest BCUT2D eigenvalue weighted by molar-refractivity contribution is 7.89. The first-order valence-corrected chi connectivity index (χ1v) is 9.39. The normalized spacial score (nSPS) is 11.8. The summed E-state index contributed by atoms with van der Waals surface area (Å²) in [5, 5.41) is 0.493. The maximum Gasteiger partial charge on any atom is 0.387 e. The molecule has 1 heterocycles. The van der Waals surface area contributed by atoms with Crippen LogP contribution in [-0.4, -0.2) is 21.6 Å². The van der Waals surface area contributed by atoms with E-state index in [-0.39, 0.29) is 17.2 Å². The molecule has 0 saturated heterocycles. The van der Waals surface area contributed by atoms with Crippen molar-refractivity contribution in [3.8, 4) is 5.75 Å². The number of halogens is 2. The first-order valence-electron chi connectivity index (χ1n) is 7.91. The number of sulfonamides is 1. The van der Waals surface area contributed by atoms with Gasteiger partial charge in [-0.25, -0.2) is 17.9 Å². The number of ether oxygens (including phenoxy) is 1. The summed E-state index contributed by atoms with van der Waals surface area (Å²) in [6.45, 7) is -2.77. The van der Waals surface area contributed by atoms with Gasteiger partial charge >= 0.3 is 12.2 Å². The fraction of sp³-hybridized carbons (Fsp3) is 0.167. The van der Waals surface area contributed by atoms with Gasteiger partial charge in [0.05, 0.1) is 4.90 Å². The predicted molar refractivity (Wildman–Crippen MR) is 94.5 cm³/mol. The van der Waals surface area contributed by atoms with Crippen LogP contribution >= 0.6 is 0 Å². The summed E-state index contributed by atoms with van der Waals surface area (Å²) < 4.78 is 60.7. The molecule has 0 aliphatic rings. The molecule has 0 aliphatic carbocycles. The van der Waals surface area contributed by atoms with Crippen molar-refractivity contribution in [1.29, 1.82) is 0 Å². The van der Waals surface area contributed by atoms with E-state index in [1.165, 1.54) is 42.5 Å². The van der Waals surface area contributed by atoms with E-state index in [1.54, 1.807) is 12.1 Å². The molecule has 0 aliphatic heterocycles. The van der Waals surface area contributed by atoms with Crippen LogP contribution in [0, 0.1) is 0 Å². The summed E-state index contributed by atoms with van der Waals surface area (Å²) in [7, 11) is -3.75. The van der Waals surface area contributed by atoms with Crippen molar-refractivity contribution >= 4 is 21.0 Å². The number of benzene rings is 2. The standard InChI is InChI=1S/C18H15F2NO5S/c19-18(20)25-14-4-1-12(2-5-14)9-10-21-27(23,24)15-6-7-16-13(11-15)3-8-17(22)26-16/h1-8,11,18,21H,9-10H2. The van der Waals surface area contributed by atoms with Crippen molar-refractivity contribution < 1.29 is 26.4 Å². The Morgan fingerprint density at radius 2 is 1.78 bits per heavy atom. The Bertz CT molecular complexity index is 1090. The van der Waals surface area contributed by atoms with Gasteiger partial charge in [-0.1, -0.05) is 12.1 Å². The average molecular weight is 395 g/mol. The van der Waals surface area contributed by atoms with Crippen LogP contribution in [0.4, 0.5) is 8.78 Å². The van der Waals surface area contributed by atoms with Gasteiger partial charge in [-0.15, -0.1) is 0 Å². The van der Waals surface area contributed by atoms with Gasteiger partial charge in [0, 0.05) is 18.0 Å². The fourth-order valence-corrected chi connectivity index (χ4v) is 3.53. The van der Waals surface area contributed by atoms with Gasteiger partial charge in [0.25, 0.3) is 0 Å². The number of hydrogen-bond acceptors (Lipinski definition) is 5. The molecule has 0 fully saturated rings. The van der Waals surface area contributed by atoms with E-state index in [1.807, 2.05) is 0 Å². The Morgan fingerprint density at radius 1 is 1.04 bits per heavy atom. The van der Waals surface area contributed by atoms with E-state index < -0.39 is 22.3 Å². The topological polar surface area (TPSA) is 85.6 Å². The minimum atomic E-state index is -3.75. The van der Waals surface area contributed by atoms with Crippen LogP contribution in [0.3, 0.4) is 0 Å². The van der Waals surface area contributed by atoms with E-state index in [0.29, 0.717) is 17.4 Å². The zero-order chi connectivity index (χ0) is 19.4. The second-order valence-corrected chi connectivity index (χ2v) is 7.39. The van der Waals surface area contributed by atoms with Crippen LogP contribution in [0.15, 0.2) is 68.7 Å². The summed E-state index contributed by atoms with van der Waals surface area (Å²) in [6, 6.07) is 12.9. The minimum absolute atomic E-state index is 0.0390. The van der Waals surface area contributed by atoms with E-state index in [0.717, 1.165) is 5.56 Å². The number of fused-ring (bicyclic) bond motifs is 1. The Kier molecular flexibility index (Phi) is 5.52. The fourth-order valence-electron chi connectivity index (χ4n) is 2.47. The molecule has 0 radical (unpaired) electrons. The van der Waals surface area contributed by atoms with Gasteiger partial charge in [0.2, 0.25) is 10.0 Å². The molecule has 0 saturated carbocycles. The van der Waals surface area contributed by atoms with Crippen molar-refractivity contribution in [2.45, 2.75) is 17.9 Å². The number of nitrogens with one attached hydrogen (secondary N) is 1. The summed E-state index contributed by atoms with van der Waals surface area (Å²) in [5.41, 5.74) is 0.549. The zero-order valence-corrected chi connectivity index (χ0v) is 14.7. The van der Waals surface area contributed by atoms with Crippen LogP contribution < -0.4 is 15.1 Å². The SMILES string of the molecule is O=c1ccc2cc(S(=O)(=O)NCCc3ccc(OC(F)F)cc3)ccc2o1. The molecule has 1 aromatic heterocycles. The molecule has 142 valence electrons. The third-order valence-electron chi connectivity index (χ3n) is 3.76. The van der Waals surface area contributed by atoms with Crippen molar-refractivity contribution in [3.05, 3.63) is 70.6 Å². The lowest BCUT2D eigenvalue weighted by atomic mass is 10.1. The molecule has 0 amide bonds. The Balaban J connectivity index is 1.64. The van der Waals surface area contributed by atoms with E-state index >= 15 is 0 Å². The Labute approximate surface area is 153 Å². The molecule has 0 atom stereocenters. The van der Waals surface area contributed by atoms with Crippen LogP contribution in [0.5, 0.6) is 5.75 Å². The van der Waals surface area contributed by atoms with Gasteiger partial charge < -0.3 is 9.15 Å². The second-order valence-electron chi connectivity index (χ2n) is 5.62. The summed E-state index contributed by atoms with van der Waals surface area (Å²) in [4.78, 5) is 11.2. The molecule has 6 nitrogen and oxygen atoms in total. The predicted octanol–water partition coefficient (Wildman–Crippen LogP) is 2.92. The molecule has 3 aromatic rings. The highest BCUT2D eigenvalue weighted by Crippen LogP contribution is 2.18. The van der Waals surface area contributed by atoms with Crippen LogP contribution in [0.1, 0.15) is 5.56 Å². The van der Waals surface area contributed by atoms with Gasteiger partial charge in [-0.3, -0.25) is 0 Å². The van der Waals surface area contributed by atoms with Crippen molar-refractivity contribution in [2.24, 2.45) is 0 Å². The van der Waals surface area contributed by atoms with Gasteiger partial charge in [0.15, 0.2) is 0 Å². The van der Waals surface area contributed by atoms with E-state index in [9.17, 15) is 22.0 Å². The lowest BCUT2D eigenvalue weighted by Gasteiger charge is -2.08. The van der Waals surface area contributed by atoms with Crippen LogP contribution in [0.2, 0.25) is 0 Å². The highest BCUT2D eigenvalue weighted by atomic mass is 32.2. The van der Waals surface area contributed by atoms with Crippen LogP contribution in [0.25, 0.3) is 11.0 Å². The molecule has 1 N–H and O–H groups in total. The average Bonchev–Trinajstić information content (AvgIpc) is 2.62. The van der Waals surface area contributed by atoms with Crippen molar-refractivity contribution in [1.82, 2.24) is 4.72 Å². The molecular formula is C18H15F2NO5S. The summed E-state index contributed by atoms with van der Waals surface area (Å²) >= 11 is 0. The van der Waals surface area contributed by atoms with E-state index in [2.05, 4.69) is 9.46 Å². The van der Waals surface area contributed by atoms with Gasteiger partial charge in [-0.05, 0) is 48.4 Å². The first kappa shape index (κ1) is 19.0. The molecule has 9 heteroatoms. The lowest BCUT2D eigenvalue weighted by Crippen LogP contribution is -2.26. The van der Waals surface area contributed by atoms with Gasteiger partial charge in [0.1, 0.15) is 11.3 Å². The van der Waals surface area contributed by atoms with Gasteiger partial charge in [-0.2, -0.15) is 8.78 Å². The molecule has 3 rings (SSSR count). The largest absolute Gasteiger partial charge is 0.435 e. The molecule has 0 spiro atoms. The quantitative estimate of drug-likeness (QED) is 0.622. The van der Waals surface area contributed by atoms with Crippen molar-refractivity contribution in [2.75, 3.05) is 6.54 Å². The smallest absolute Gasteiger partial charge is 0.387 e.